The van der Waals surface area contributed by atoms with Crippen LogP contribution in [0.25, 0.3) is 16.9 Å². The van der Waals surface area contributed by atoms with Gasteiger partial charge in [0.15, 0.2) is 5.69 Å². The number of aromatic nitrogens is 2. The molecule has 3 aromatic rings. The molecule has 2 heterocycles. The number of carbonyl (C=O) groups is 1. The van der Waals surface area contributed by atoms with E-state index in [9.17, 15) is 4.79 Å². The van der Waals surface area contributed by atoms with E-state index in [0.717, 1.165) is 72.7 Å². The van der Waals surface area contributed by atoms with Gasteiger partial charge in [0.2, 0.25) is 0 Å². The minimum atomic E-state index is -0.0316. The first-order valence-corrected chi connectivity index (χ1v) is 18.2. The average Bonchev–Trinajstić information content (AvgIpc) is 3.35. The molecular weight excluding hydrogens is 623 g/mol. The number of unbranched alkanes of at least 4 members (excludes halogenated alkanes) is 3. The van der Waals surface area contributed by atoms with Crippen LogP contribution in [0.4, 0.5) is 0 Å². The maximum Gasteiger partial charge on any atom is 0.274 e. The van der Waals surface area contributed by atoms with Crippen molar-refractivity contribution >= 4 is 40.7 Å². The molecule has 240 valence electrons. The van der Waals surface area contributed by atoms with Crippen LogP contribution in [0.15, 0.2) is 42.5 Å². The van der Waals surface area contributed by atoms with E-state index >= 15 is 0 Å². The Labute approximate surface area is 283 Å². The lowest BCUT2D eigenvalue weighted by Crippen LogP contribution is -2.49. The molecule has 4 saturated carbocycles. The van der Waals surface area contributed by atoms with Gasteiger partial charge in [-0.15, -0.1) is 0 Å². The molecule has 0 unspecified atom stereocenters. The van der Waals surface area contributed by atoms with Gasteiger partial charge in [-0.1, -0.05) is 66.2 Å². The summed E-state index contributed by atoms with van der Waals surface area (Å²) in [6, 6.07) is 12.9. The summed E-state index contributed by atoms with van der Waals surface area (Å²) in [7, 11) is 0. The summed E-state index contributed by atoms with van der Waals surface area (Å²) in [6.45, 7) is 6.34. The van der Waals surface area contributed by atoms with Gasteiger partial charge in [-0.3, -0.25) is 9.69 Å². The summed E-state index contributed by atoms with van der Waals surface area (Å²) in [5, 5.41) is 6.52. The topological polar surface area (TPSA) is 41.4 Å². The Bertz CT molecular complexity index is 1490. The minimum Gasteiger partial charge on any atom is -0.335 e. The monoisotopic (exact) mass is 666 g/mol. The number of halogens is 3. The smallest absolute Gasteiger partial charge is 0.274 e. The first-order valence-electron chi connectivity index (χ1n) is 17.1. The highest BCUT2D eigenvalue weighted by atomic mass is 35.5. The van der Waals surface area contributed by atoms with Crippen molar-refractivity contribution < 1.29 is 4.79 Å². The summed E-state index contributed by atoms with van der Waals surface area (Å²) in [5.41, 5.74) is 4.42. The standard InChI is InChI=1S/C37H45Cl3N4O/c1-25-34(41-44(33-11-10-31(39)21-32(33)40)35(25)29-6-8-30(38)9-7-29)36(45)43-16-14-42(15-17-43)13-5-3-2-4-12-37-22-26-18-27(23-37)20-28(19-26)24-37/h6-11,21,26-28H,2-5,12-20,22-24H2,1H3. The van der Waals surface area contributed by atoms with E-state index in [4.69, 9.17) is 39.9 Å². The normalized spacial score (nSPS) is 26.1. The van der Waals surface area contributed by atoms with Gasteiger partial charge < -0.3 is 4.90 Å². The van der Waals surface area contributed by atoms with E-state index in [-0.39, 0.29) is 5.91 Å². The van der Waals surface area contributed by atoms with Crippen molar-refractivity contribution in [2.75, 3.05) is 32.7 Å². The van der Waals surface area contributed by atoms with E-state index in [1.54, 1.807) is 55.3 Å². The summed E-state index contributed by atoms with van der Waals surface area (Å²) < 4.78 is 1.77. The third kappa shape index (κ3) is 6.70. The fourth-order valence-electron chi connectivity index (χ4n) is 9.58. The van der Waals surface area contributed by atoms with Gasteiger partial charge in [0.05, 0.1) is 16.4 Å². The lowest BCUT2D eigenvalue weighted by molar-refractivity contribution is -0.0583. The molecule has 45 heavy (non-hydrogen) atoms. The quantitative estimate of drug-likeness (QED) is 0.202. The fraction of sp³-hybridized carbons (Fsp3) is 0.568. The van der Waals surface area contributed by atoms with Crippen LogP contribution in [0, 0.1) is 30.1 Å². The number of benzene rings is 2. The van der Waals surface area contributed by atoms with Crippen molar-refractivity contribution in [2.45, 2.75) is 77.6 Å². The Kier molecular flexibility index (Phi) is 9.27. The van der Waals surface area contributed by atoms with Crippen LogP contribution in [0.3, 0.4) is 0 Å². The van der Waals surface area contributed by atoms with Gasteiger partial charge in [-0.05, 0) is 118 Å². The Morgan fingerprint density at radius 2 is 1.44 bits per heavy atom. The molecule has 4 bridgehead atoms. The molecular formula is C37H45Cl3N4O. The second kappa shape index (κ2) is 13.2. The van der Waals surface area contributed by atoms with Crippen LogP contribution in [0.2, 0.25) is 15.1 Å². The molecule has 0 N–H and O–H groups in total. The number of nitrogens with zero attached hydrogens (tertiary/aromatic N) is 4. The molecule has 2 aromatic carbocycles. The molecule has 0 spiro atoms. The van der Waals surface area contributed by atoms with Gasteiger partial charge in [0.1, 0.15) is 0 Å². The van der Waals surface area contributed by atoms with Crippen LogP contribution in [-0.4, -0.2) is 58.2 Å². The van der Waals surface area contributed by atoms with Gasteiger partial charge in [0, 0.05) is 47.4 Å². The highest BCUT2D eigenvalue weighted by molar-refractivity contribution is 6.35. The first kappa shape index (κ1) is 31.5. The molecule has 1 amide bonds. The molecule has 1 saturated heterocycles. The maximum atomic E-state index is 13.9. The molecule has 8 heteroatoms. The summed E-state index contributed by atoms with van der Waals surface area (Å²) in [4.78, 5) is 18.3. The third-order valence-electron chi connectivity index (χ3n) is 11.3. The van der Waals surface area contributed by atoms with Gasteiger partial charge >= 0.3 is 0 Å². The predicted molar refractivity (Wildman–Crippen MR) is 185 cm³/mol. The minimum absolute atomic E-state index is 0.0316. The molecule has 1 aromatic heterocycles. The Morgan fingerprint density at radius 3 is 2.09 bits per heavy atom. The summed E-state index contributed by atoms with van der Waals surface area (Å²) in [6.07, 6.45) is 16.1. The molecule has 1 aliphatic heterocycles. The van der Waals surface area contributed by atoms with Crippen LogP contribution >= 0.6 is 34.8 Å². The number of carbonyl (C=O) groups excluding carboxylic acids is 1. The molecule has 5 nitrogen and oxygen atoms in total. The first-order chi connectivity index (χ1) is 21.8. The number of amides is 1. The Morgan fingerprint density at radius 1 is 0.822 bits per heavy atom. The molecule has 4 aliphatic carbocycles. The van der Waals surface area contributed by atoms with Crippen molar-refractivity contribution in [1.29, 1.82) is 0 Å². The van der Waals surface area contributed by atoms with Crippen molar-refractivity contribution in [3.63, 3.8) is 0 Å². The SMILES string of the molecule is Cc1c(C(=O)N2CCN(CCCCCCC34CC5CC(CC(C5)C3)C4)CC2)nn(-c2ccc(Cl)cc2Cl)c1-c1ccc(Cl)cc1. The van der Waals surface area contributed by atoms with Crippen LogP contribution in [-0.2, 0) is 0 Å². The van der Waals surface area contributed by atoms with Crippen molar-refractivity contribution in [1.82, 2.24) is 19.6 Å². The summed E-state index contributed by atoms with van der Waals surface area (Å²) >= 11 is 19.0. The van der Waals surface area contributed by atoms with Crippen molar-refractivity contribution in [3.8, 4) is 16.9 Å². The lowest BCUT2D eigenvalue weighted by Gasteiger charge is -2.57. The zero-order chi connectivity index (χ0) is 31.1. The average molecular weight is 668 g/mol. The zero-order valence-corrected chi connectivity index (χ0v) is 28.7. The second-order valence-electron chi connectivity index (χ2n) is 14.6. The van der Waals surface area contributed by atoms with Crippen LogP contribution in [0.5, 0.6) is 0 Å². The van der Waals surface area contributed by atoms with Crippen molar-refractivity contribution in [3.05, 3.63) is 68.8 Å². The van der Waals surface area contributed by atoms with E-state index < -0.39 is 0 Å². The zero-order valence-electron chi connectivity index (χ0n) is 26.4. The van der Waals surface area contributed by atoms with Crippen LogP contribution < -0.4 is 0 Å². The molecule has 0 radical (unpaired) electrons. The number of hydrogen-bond acceptors (Lipinski definition) is 3. The predicted octanol–water partition coefficient (Wildman–Crippen LogP) is 9.73. The van der Waals surface area contributed by atoms with Crippen molar-refractivity contribution in [2.24, 2.45) is 23.2 Å². The highest BCUT2D eigenvalue weighted by Gasteiger charge is 2.50. The molecule has 5 fully saturated rings. The van der Waals surface area contributed by atoms with Gasteiger partial charge in [-0.2, -0.15) is 5.10 Å². The van der Waals surface area contributed by atoms with E-state index in [2.05, 4.69) is 4.90 Å². The largest absolute Gasteiger partial charge is 0.335 e. The lowest BCUT2D eigenvalue weighted by atomic mass is 9.48. The number of rotatable bonds is 10. The number of piperazine rings is 1. The Balaban J connectivity index is 0.931. The second-order valence-corrected chi connectivity index (χ2v) is 15.8. The highest BCUT2D eigenvalue weighted by Crippen LogP contribution is 2.61. The van der Waals surface area contributed by atoms with Gasteiger partial charge in [0.25, 0.3) is 5.91 Å². The van der Waals surface area contributed by atoms with Gasteiger partial charge in [-0.25, -0.2) is 4.68 Å². The summed E-state index contributed by atoms with van der Waals surface area (Å²) in [5.74, 6) is 3.16. The third-order valence-corrected chi connectivity index (χ3v) is 12.1. The Hall–Kier alpha value is -2.05. The fourth-order valence-corrected chi connectivity index (χ4v) is 10.2. The molecule has 5 aliphatic rings. The van der Waals surface area contributed by atoms with Crippen LogP contribution in [0.1, 0.15) is 86.7 Å². The molecule has 0 atom stereocenters. The number of hydrogen-bond donors (Lipinski definition) is 0. The van der Waals surface area contributed by atoms with E-state index in [0.29, 0.717) is 26.4 Å². The van der Waals surface area contributed by atoms with E-state index in [1.165, 1.54) is 32.1 Å². The van der Waals surface area contributed by atoms with E-state index in [1.807, 2.05) is 42.2 Å². The maximum absolute atomic E-state index is 13.9. The molecule has 8 rings (SSSR count).